The molecule has 1 heterocycles. The van der Waals surface area contributed by atoms with Gasteiger partial charge >= 0.3 is 12.0 Å². The van der Waals surface area contributed by atoms with Crippen molar-refractivity contribution in [3.63, 3.8) is 0 Å². The number of urea groups is 1. The fourth-order valence-electron chi connectivity index (χ4n) is 1.53. The Bertz CT molecular complexity index is 240. The van der Waals surface area contributed by atoms with Gasteiger partial charge in [-0.05, 0) is 13.8 Å². The van der Waals surface area contributed by atoms with E-state index in [4.69, 9.17) is 5.11 Å². The summed E-state index contributed by atoms with van der Waals surface area (Å²) < 4.78 is 0. The van der Waals surface area contributed by atoms with Gasteiger partial charge in [-0.15, -0.1) is 0 Å². The van der Waals surface area contributed by atoms with E-state index in [9.17, 15) is 9.59 Å². The summed E-state index contributed by atoms with van der Waals surface area (Å²) in [4.78, 5) is 25.1. The largest absolute Gasteiger partial charge is 0.480 e. The van der Waals surface area contributed by atoms with Crippen molar-refractivity contribution in [3.8, 4) is 0 Å². The molecule has 0 saturated carbocycles. The van der Waals surface area contributed by atoms with Gasteiger partial charge in [0.25, 0.3) is 0 Å². The van der Waals surface area contributed by atoms with E-state index < -0.39 is 12.0 Å². The van der Waals surface area contributed by atoms with Gasteiger partial charge in [-0.1, -0.05) is 0 Å². The van der Waals surface area contributed by atoms with Gasteiger partial charge in [-0.2, -0.15) is 0 Å². The Morgan fingerprint density at radius 3 is 2.46 bits per heavy atom. The van der Waals surface area contributed by atoms with Gasteiger partial charge in [0.05, 0.1) is 6.54 Å². The summed E-state index contributed by atoms with van der Waals surface area (Å²) >= 11 is 0. The Hall–Kier alpha value is -1.26. The first-order chi connectivity index (χ1) is 5.95. The monoisotopic (exact) mass is 186 g/mol. The molecule has 0 aliphatic carbocycles. The smallest absolute Gasteiger partial charge is 0.328 e. The molecule has 1 fully saturated rings. The zero-order chi connectivity index (χ0) is 10.2. The fraction of sp³-hybridized carbons (Fsp3) is 0.750. The minimum atomic E-state index is -0.939. The Morgan fingerprint density at radius 2 is 2.15 bits per heavy atom. The number of hydrogen-bond donors (Lipinski definition) is 1. The molecule has 1 aliphatic heterocycles. The van der Waals surface area contributed by atoms with Crippen molar-refractivity contribution < 1.29 is 14.7 Å². The summed E-state index contributed by atoms with van der Waals surface area (Å²) in [7, 11) is 1.61. The molecule has 2 amide bonds. The number of carbonyl (C=O) groups excluding carboxylic acids is 1. The van der Waals surface area contributed by atoms with E-state index in [1.54, 1.807) is 7.05 Å². The molecule has 13 heavy (non-hydrogen) atoms. The topological polar surface area (TPSA) is 60.9 Å². The SMILES string of the molecule is CC(C)N1C(=O)N(C)CC1C(=O)O. The number of amides is 2. The number of carboxylic acid groups (broad SMARTS) is 1. The van der Waals surface area contributed by atoms with E-state index in [0.29, 0.717) is 0 Å². The summed E-state index contributed by atoms with van der Waals surface area (Å²) in [5.41, 5.74) is 0. The predicted molar refractivity (Wildman–Crippen MR) is 46.4 cm³/mol. The molecule has 0 spiro atoms. The normalized spacial score (nSPS) is 23.1. The average molecular weight is 186 g/mol. The highest BCUT2D eigenvalue weighted by molar-refractivity contribution is 5.86. The van der Waals surface area contributed by atoms with Crippen LogP contribution in [0.25, 0.3) is 0 Å². The third-order valence-electron chi connectivity index (χ3n) is 2.17. The van der Waals surface area contributed by atoms with Crippen molar-refractivity contribution in [1.82, 2.24) is 9.80 Å². The number of likely N-dealkylation sites (N-methyl/N-ethyl adjacent to an activating group) is 1. The molecule has 0 radical (unpaired) electrons. The molecule has 1 saturated heterocycles. The lowest BCUT2D eigenvalue weighted by atomic mass is 10.2. The van der Waals surface area contributed by atoms with Crippen LogP contribution in [-0.2, 0) is 4.79 Å². The van der Waals surface area contributed by atoms with Crippen LogP contribution in [-0.4, -0.2) is 52.6 Å². The highest BCUT2D eigenvalue weighted by Gasteiger charge is 2.40. The highest BCUT2D eigenvalue weighted by Crippen LogP contribution is 2.17. The lowest BCUT2D eigenvalue weighted by molar-refractivity contribution is -0.141. The molecule has 0 aromatic rings. The van der Waals surface area contributed by atoms with Crippen molar-refractivity contribution in [1.29, 1.82) is 0 Å². The second-order valence-corrected chi connectivity index (χ2v) is 3.52. The Kier molecular flexibility index (Phi) is 2.45. The summed E-state index contributed by atoms with van der Waals surface area (Å²) in [5.74, 6) is -0.939. The number of nitrogens with zero attached hydrogens (tertiary/aromatic N) is 2. The van der Waals surface area contributed by atoms with Gasteiger partial charge < -0.3 is 14.9 Å². The first-order valence-corrected chi connectivity index (χ1v) is 4.21. The second-order valence-electron chi connectivity index (χ2n) is 3.52. The van der Waals surface area contributed by atoms with Crippen LogP contribution in [0.4, 0.5) is 4.79 Å². The maximum absolute atomic E-state index is 11.5. The van der Waals surface area contributed by atoms with E-state index in [0.717, 1.165) is 0 Å². The van der Waals surface area contributed by atoms with Crippen molar-refractivity contribution in [2.45, 2.75) is 25.9 Å². The summed E-state index contributed by atoms with van der Waals surface area (Å²) in [6, 6.07) is -0.974. The minimum absolute atomic E-state index is 0.0708. The zero-order valence-corrected chi connectivity index (χ0v) is 8.02. The van der Waals surface area contributed by atoms with E-state index in [1.807, 2.05) is 13.8 Å². The molecule has 0 aromatic heterocycles. The third kappa shape index (κ3) is 1.59. The molecule has 5 heteroatoms. The lowest BCUT2D eigenvalue weighted by Crippen LogP contribution is -2.43. The quantitative estimate of drug-likeness (QED) is 0.670. The molecule has 5 nitrogen and oxygen atoms in total. The average Bonchev–Trinajstić information content (AvgIpc) is 2.28. The molecular formula is C8H14N2O3. The second kappa shape index (κ2) is 3.24. The maximum atomic E-state index is 11.5. The molecule has 1 atom stereocenters. The molecule has 1 aliphatic rings. The predicted octanol–water partition coefficient (Wildman–Crippen LogP) is 0.215. The standard InChI is InChI=1S/C8H14N2O3/c1-5(2)10-6(7(11)12)4-9(3)8(10)13/h5-6H,4H2,1-3H3,(H,11,12). The van der Waals surface area contributed by atoms with Crippen molar-refractivity contribution in [2.75, 3.05) is 13.6 Å². The molecule has 1 N–H and O–H groups in total. The van der Waals surface area contributed by atoms with Crippen LogP contribution < -0.4 is 0 Å². The number of aliphatic carboxylic acids is 1. The van der Waals surface area contributed by atoms with Crippen LogP contribution in [0.5, 0.6) is 0 Å². The lowest BCUT2D eigenvalue weighted by Gasteiger charge is -2.24. The van der Waals surface area contributed by atoms with Crippen molar-refractivity contribution >= 4 is 12.0 Å². The minimum Gasteiger partial charge on any atom is -0.480 e. The van der Waals surface area contributed by atoms with Gasteiger partial charge in [0.15, 0.2) is 0 Å². The van der Waals surface area contributed by atoms with E-state index in [2.05, 4.69) is 0 Å². The molecule has 0 bridgehead atoms. The number of carbonyl (C=O) groups is 2. The summed E-state index contributed by atoms with van der Waals surface area (Å²) in [6.07, 6.45) is 0. The van der Waals surface area contributed by atoms with Gasteiger partial charge in [0.1, 0.15) is 6.04 Å². The fourth-order valence-corrected chi connectivity index (χ4v) is 1.53. The molecule has 1 unspecified atom stereocenters. The highest BCUT2D eigenvalue weighted by atomic mass is 16.4. The van der Waals surface area contributed by atoms with Crippen molar-refractivity contribution in [3.05, 3.63) is 0 Å². The molecule has 0 aromatic carbocycles. The first-order valence-electron chi connectivity index (χ1n) is 4.21. The summed E-state index contributed by atoms with van der Waals surface area (Å²) in [5, 5.41) is 8.85. The van der Waals surface area contributed by atoms with Crippen LogP contribution in [0.3, 0.4) is 0 Å². The van der Waals surface area contributed by atoms with Gasteiger partial charge in [0.2, 0.25) is 0 Å². The van der Waals surface area contributed by atoms with Crippen LogP contribution in [0, 0.1) is 0 Å². The van der Waals surface area contributed by atoms with E-state index in [-0.39, 0.29) is 18.6 Å². The molecular weight excluding hydrogens is 172 g/mol. The van der Waals surface area contributed by atoms with E-state index >= 15 is 0 Å². The Labute approximate surface area is 76.9 Å². The molecule has 1 rings (SSSR count). The van der Waals surface area contributed by atoms with Gasteiger partial charge in [0, 0.05) is 13.1 Å². The van der Waals surface area contributed by atoms with Gasteiger partial charge in [-0.25, -0.2) is 9.59 Å². The van der Waals surface area contributed by atoms with Crippen LogP contribution >= 0.6 is 0 Å². The zero-order valence-electron chi connectivity index (χ0n) is 8.02. The third-order valence-corrected chi connectivity index (χ3v) is 2.17. The van der Waals surface area contributed by atoms with E-state index in [1.165, 1.54) is 9.80 Å². The van der Waals surface area contributed by atoms with Crippen molar-refractivity contribution in [2.24, 2.45) is 0 Å². The number of hydrogen-bond acceptors (Lipinski definition) is 2. The number of carboxylic acids is 1. The summed E-state index contributed by atoms with van der Waals surface area (Å²) in [6.45, 7) is 3.90. The van der Waals surface area contributed by atoms with Crippen LogP contribution in [0.2, 0.25) is 0 Å². The van der Waals surface area contributed by atoms with Crippen LogP contribution in [0.1, 0.15) is 13.8 Å². The number of rotatable bonds is 2. The molecule has 74 valence electrons. The maximum Gasteiger partial charge on any atom is 0.328 e. The first kappa shape index (κ1) is 9.83. The van der Waals surface area contributed by atoms with Crippen LogP contribution in [0.15, 0.2) is 0 Å². The van der Waals surface area contributed by atoms with Gasteiger partial charge in [-0.3, -0.25) is 0 Å². The Morgan fingerprint density at radius 1 is 1.62 bits per heavy atom. The Balaban J connectivity index is 2.87.